The lowest BCUT2D eigenvalue weighted by Gasteiger charge is -2.39. The minimum Gasteiger partial charge on any atom is -0.375 e. The Morgan fingerprint density at radius 1 is 1.40 bits per heavy atom. The van der Waals surface area contributed by atoms with Crippen molar-refractivity contribution in [3.8, 4) is 0 Å². The molecule has 112 valence electrons. The summed E-state index contributed by atoms with van der Waals surface area (Å²) < 4.78 is 5.76. The average Bonchev–Trinajstić information content (AvgIpc) is 2.44. The van der Waals surface area contributed by atoms with Crippen molar-refractivity contribution in [2.24, 2.45) is 0 Å². The third-order valence-corrected chi connectivity index (χ3v) is 3.61. The molecule has 1 saturated heterocycles. The molecule has 0 aliphatic carbocycles. The number of rotatable bonds is 5. The Kier molecular flexibility index (Phi) is 5.17. The smallest absolute Gasteiger partial charge is 0.224 e. The van der Waals surface area contributed by atoms with E-state index in [0.717, 1.165) is 50.0 Å². The van der Waals surface area contributed by atoms with Crippen molar-refractivity contribution >= 4 is 11.8 Å². The molecule has 0 saturated carbocycles. The highest BCUT2D eigenvalue weighted by Gasteiger charge is 2.27. The van der Waals surface area contributed by atoms with Crippen molar-refractivity contribution in [1.29, 1.82) is 0 Å². The number of hydrogen-bond donors (Lipinski definition) is 1. The van der Waals surface area contributed by atoms with Crippen molar-refractivity contribution in [3.63, 3.8) is 0 Å². The van der Waals surface area contributed by atoms with Crippen molar-refractivity contribution in [2.45, 2.75) is 52.7 Å². The van der Waals surface area contributed by atoms with E-state index in [4.69, 9.17) is 4.74 Å². The molecule has 2 heterocycles. The third-order valence-electron chi connectivity index (χ3n) is 3.61. The Morgan fingerprint density at radius 3 is 2.90 bits per heavy atom. The van der Waals surface area contributed by atoms with Gasteiger partial charge in [0, 0.05) is 24.8 Å². The van der Waals surface area contributed by atoms with Gasteiger partial charge in [-0.3, -0.25) is 0 Å². The molecule has 2 atom stereocenters. The van der Waals surface area contributed by atoms with Gasteiger partial charge in [-0.25, -0.2) is 4.98 Å². The van der Waals surface area contributed by atoms with Crippen LogP contribution in [0.5, 0.6) is 0 Å². The summed E-state index contributed by atoms with van der Waals surface area (Å²) in [5.74, 6) is 1.74. The molecule has 1 aliphatic heterocycles. The summed E-state index contributed by atoms with van der Waals surface area (Å²) in [4.78, 5) is 11.5. The SMILES string of the molecule is CCCNc1nc(C)cc(N2CC(C)OCC2CC)n1. The molecule has 5 heteroatoms. The van der Waals surface area contributed by atoms with E-state index >= 15 is 0 Å². The predicted octanol–water partition coefficient (Wildman–Crippen LogP) is 2.61. The zero-order valence-electron chi connectivity index (χ0n) is 13.0. The second kappa shape index (κ2) is 6.88. The predicted molar refractivity (Wildman–Crippen MR) is 82.4 cm³/mol. The number of anilines is 2. The first-order valence-corrected chi connectivity index (χ1v) is 7.61. The molecule has 5 nitrogen and oxygen atoms in total. The van der Waals surface area contributed by atoms with E-state index in [1.807, 2.05) is 6.92 Å². The van der Waals surface area contributed by atoms with Crippen LogP contribution in [-0.2, 0) is 4.74 Å². The molecule has 0 amide bonds. The van der Waals surface area contributed by atoms with Gasteiger partial charge in [0.1, 0.15) is 5.82 Å². The zero-order chi connectivity index (χ0) is 14.5. The molecule has 1 aromatic heterocycles. The van der Waals surface area contributed by atoms with Gasteiger partial charge in [0.05, 0.1) is 18.8 Å². The molecule has 2 rings (SSSR count). The summed E-state index contributed by atoms with van der Waals surface area (Å²) in [6.45, 7) is 11.0. The van der Waals surface area contributed by atoms with Gasteiger partial charge in [0.15, 0.2) is 0 Å². The van der Waals surface area contributed by atoms with E-state index < -0.39 is 0 Å². The van der Waals surface area contributed by atoms with Crippen LogP contribution in [0.1, 0.15) is 39.3 Å². The minimum absolute atomic E-state index is 0.250. The highest BCUT2D eigenvalue weighted by atomic mass is 16.5. The fourth-order valence-corrected chi connectivity index (χ4v) is 2.48. The van der Waals surface area contributed by atoms with Crippen LogP contribution >= 0.6 is 0 Å². The molecule has 2 unspecified atom stereocenters. The summed E-state index contributed by atoms with van der Waals surface area (Å²) >= 11 is 0. The quantitative estimate of drug-likeness (QED) is 0.897. The Labute approximate surface area is 121 Å². The van der Waals surface area contributed by atoms with Gasteiger partial charge in [-0.05, 0) is 26.7 Å². The molecule has 20 heavy (non-hydrogen) atoms. The lowest BCUT2D eigenvalue weighted by atomic mass is 10.1. The van der Waals surface area contributed by atoms with Gasteiger partial charge in [0.25, 0.3) is 0 Å². The van der Waals surface area contributed by atoms with E-state index in [-0.39, 0.29) is 6.10 Å². The summed E-state index contributed by atoms with van der Waals surface area (Å²) in [7, 11) is 0. The van der Waals surface area contributed by atoms with Crippen LogP contribution in [0.3, 0.4) is 0 Å². The van der Waals surface area contributed by atoms with Crippen molar-refractivity contribution < 1.29 is 4.74 Å². The number of nitrogens with zero attached hydrogens (tertiary/aromatic N) is 3. The molecule has 1 aromatic rings. The van der Waals surface area contributed by atoms with E-state index in [2.05, 4.69) is 47.0 Å². The number of ether oxygens (including phenoxy) is 1. The van der Waals surface area contributed by atoms with Gasteiger partial charge in [0.2, 0.25) is 5.95 Å². The Bertz CT molecular complexity index is 438. The number of hydrogen-bond acceptors (Lipinski definition) is 5. The van der Waals surface area contributed by atoms with Crippen LogP contribution in [-0.4, -0.2) is 41.8 Å². The fraction of sp³-hybridized carbons (Fsp3) is 0.733. The Hall–Kier alpha value is -1.36. The lowest BCUT2D eigenvalue weighted by Crippen LogP contribution is -2.49. The standard InChI is InChI=1S/C15H26N4O/c1-5-7-16-15-17-11(3)8-14(18-15)19-9-12(4)20-10-13(19)6-2/h8,12-13H,5-7,9-10H2,1-4H3,(H,16,17,18). The average molecular weight is 278 g/mol. The molecular formula is C15H26N4O. The van der Waals surface area contributed by atoms with Crippen LogP contribution in [0.4, 0.5) is 11.8 Å². The van der Waals surface area contributed by atoms with Gasteiger partial charge in [-0.2, -0.15) is 4.98 Å². The maximum Gasteiger partial charge on any atom is 0.224 e. The van der Waals surface area contributed by atoms with E-state index in [1.165, 1.54) is 0 Å². The Morgan fingerprint density at radius 2 is 2.20 bits per heavy atom. The van der Waals surface area contributed by atoms with Crippen LogP contribution in [0, 0.1) is 6.92 Å². The first kappa shape index (κ1) is 15.0. The van der Waals surface area contributed by atoms with Gasteiger partial charge < -0.3 is 15.0 Å². The molecule has 0 bridgehead atoms. The highest BCUT2D eigenvalue weighted by Crippen LogP contribution is 2.23. The van der Waals surface area contributed by atoms with Gasteiger partial charge in [-0.1, -0.05) is 13.8 Å². The zero-order valence-corrected chi connectivity index (χ0v) is 13.0. The van der Waals surface area contributed by atoms with E-state index in [0.29, 0.717) is 6.04 Å². The molecule has 1 fully saturated rings. The minimum atomic E-state index is 0.250. The molecule has 0 aromatic carbocycles. The van der Waals surface area contributed by atoms with E-state index in [1.54, 1.807) is 0 Å². The topological polar surface area (TPSA) is 50.3 Å². The summed E-state index contributed by atoms with van der Waals surface area (Å²) in [5, 5.41) is 3.28. The maximum atomic E-state index is 5.76. The fourth-order valence-electron chi connectivity index (χ4n) is 2.48. The number of morpholine rings is 1. The first-order chi connectivity index (χ1) is 9.63. The van der Waals surface area contributed by atoms with Crippen molar-refractivity contribution in [2.75, 3.05) is 29.9 Å². The number of aromatic nitrogens is 2. The van der Waals surface area contributed by atoms with Crippen LogP contribution in [0.25, 0.3) is 0 Å². The Balaban J connectivity index is 2.22. The first-order valence-electron chi connectivity index (χ1n) is 7.61. The molecule has 0 radical (unpaired) electrons. The van der Waals surface area contributed by atoms with Gasteiger partial charge >= 0.3 is 0 Å². The molecule has 1 aliphatic rings. The summed E-state index contributed by atoms with van der Waals surface area (Å²) in [6, 6.07) is 2.47. The number of aryl methyl sites for hydroxylation is 1. The van der Waals surface area contributed by atoms with Crippen LogP contribution < -0.4 is 10.2 Å². The summed E-state index contributed by atoms with van der Waals surface area (Å²) in [5.41, 5.74) is 1.00. The molecular weight excluding hydrogens is 252 g/mol. The second-order valence-corrected chi connectivity index (χ2v) is 5.48. The van der Waals surface area contributed by atoms with Crippen LogP contribution in [0.2, 0.25) is 0 Å². The highest BCUT2D eigenvalue weighted by molar-refractivity contribution is 5.46. The maximum absolute atomic E-state index is 5.76. The molecule has 1 N–H and O–H groups in total. The summed E-state index contributed by atoms with van der Waals surface area (Å²) in [6.07, 6.45) is 2.38. The van der Waals surface area contributed by atoms with Crippen LogP contribution in [0.15, 0.2) is 6.07 Å². The number of nitrogens with one attached hydrogen (secondary N) is 1. The van der Waals surface area contributed by atoms with Gasteiger partial charge in [-0.15, -0.1) is 0 Å². The van der Waals surface area contributed by atoms with Crippen molar-refractivity contribution in [3.05, 3.63) is 11.8 Å². The molecule has 0 spiro atoms. The second-order valence-electron chi connectivity index (χ2n) is 5.48. The van der Waals surface area contributed by atoms with Crippen molar-refractivity contribution in [1.82, 2.24) is 9.97 Å². The largest absolute Gasteiger partial charge is 0.375 e. The monoisotopic (exact) mass is 278 g/mol. The van der Waals surface area contributed by atoms with E-state index in [9.17, 15) is 0 Å². The third kappa shape index (κ3) is 3.60. The normalized spacial score (nSPS) is 22.9. The lowest BCUT2D eigenvalue weighted by molar-refractivity contribution is 0.0296.